The van der Waals surface area contributed by atoms with Gasteiger partial charge in [0.15, 0.2) is 11.6 Å². The average molecular weight is 461 g/mol. The maximum atomic E-state index is 12.6. The van der Waals surface area contributed by atoms with Crippen molar-refractivity contribution < 1.29 is 18.6 Å². The van der Waals surface area contributed by atoms with E-state index in [0.717, 1.165) is 38.5 Å². The summed E-state index contributed by atoms with van der Waals surface area (Å²) >= 11 is 0. The number of nitrogens with zero attached hydrogens (tertiary/aromatic N) is 4. The fourth-order valence-electron chi connectivity index (χ4n) is 4.09. The van der Waals surface area contributed by atoms with Gasteiger partial charge in [0.1, 0.15) is 5.54 Å². The van der Waals surface area contributed by atoms with E-state index in [9.17, 15) is 9.59 Å². The van der Waals surface area contributed by atoms with Crippen LogP contribution in [0.25, 0.3) is 0 Å². The number of amides is 2. The first-order valence-corrected chi connectivity index (χ1v) is 11.7. The number of carbonyl (C=O) groups is 2. The summed E-state index contributed by atoms with van der Waals surface area (Å²) in [5, 5.41) is 14.2. The lowest BCUT2D eigenvalue weighted by Gasteiger charge is -2.30. The van der Waals surface area contributed by atoms with Crippen molar-refractivity contribution in [3.05, 3.63) is 23.4 Å². The zero-order valence-corrected chi connectivity index (χ0v) is 20.6. The molecule has 1 fully saturated rings. The van der Waals surface area contributed by atoms with E-state index in [-0.39, 0.29) is 23.7 Å². The molecule has 33 heavy (non-hydrogen) atoms. The molecule has 0 radical (unpaired) electrons. The Bertz CT molecular complexity index is 964. The Morgan fingerprint density at radius 2 is 1.64 bits per heavy atom. The van der Waals surface area contributed by atoms with Crippen molar-refractivity contribution >= 4 is 11.8 Å². The molecule has 182 valence electrons. The number of aromatic nitrogens is 4. The second kappa shape index (κ2) is 9.61. The molecule has 1 aliphatic rings. The summed E-state index contributed by atoms with van der Waals surface area (Å²) in [7, 11) is 0. The van der Waals surface area contributed by atoms with Crippen molar-refractivity contribution in [2.45, 2.75) is 109 Å². The van der Waals surface area contributed by atoms with Crippen LogP contribution in [0.4, 0.5) is 0 Å². The Balaban J connectivity index is 1.62. The summed E-state index contributed by atoms with van der Waals surface area (Å²) in [5.74, 6) is 1.52. The molecule has 2 N–H and O–H groups in total. The Kier molecular flexibility index (Phi) is 7.23. The van der Waals surface area contributed by atoms with Crippen LogP contribution in [0, 0.1) is 0 Å². The summed E-state index contributed by atoms with van der Waals surface area (Å²) in [6.45, 7) is 11.1. The van der Waals surface area contributed by atoms with Crippen LogP contribution in [-0.4, -0.2) is 32.1 Å². The second-order valence-corrected chi connectivity index (χ2v) is 10.5. The van der Waals surface area contributed by atoms with Crippen molar-refractivity contribution in [3.8, 4) is 0 Å². The lowest BCUT2D eigenvalue weighted by molar-refractivity contribution is -0.123. The minimum Gasteiger partial charge on any atom is -0.344 e. The van der Waals surface area contributed by atoms with Gasteiger partial charge >= 0.3 is 0 Å². The number of hydrogen-bond donors (Lipinski definition) is 2. The maximum Gasteiger partial charge on any atom is 0.232 e. The van der Waals surface area contributed by atoms with E-state index in [2.05, 4.69) is 30.9 Å². The lowest BCUT2D eigenvalue weighted by atomic mass is 9.89. The largest absolute Gasteiger partial charge is 0.344 e. The van der Waals surface area contributed by atoms with E-state index < -0.39 is 11.1 Å². The first kappa shape index (κ1) is 24.9. The Morgan fingerprint density at radius 3 is 2.21 bits per heavy atom. The molecular weight excluding hydrogens is 424 g/mol. The van der Waals surface area contributed by atoms with Crippen LogP contribution in [0.3, 0.4) is 0 Å². The molecule has 10 nitrogen and oxygen atoms in total. The molecule has 10 heteroatoms. The van der Waals surface area contributed by atoms with E-state index in [4.69, 9.17) is 9.05 Å². The summed E-state index contributed by atoms with van der Waals surface area (Å²) in [5.41, 5.74) is -1.66. The third-order valence-electron chi connectivity index (χ3n) is 5.91. The van der Waals surface area contributed by atoms with E-state index in [1.807, 2.05) is 34.6 Å². The van der Waals surface area contributed by atoms with Gasteiger partial charge < -0.3 is 19.7 Å². The molecule has 0 unspecified atom stereocenters. The molecule has 1 aliphatic carbocycles. The van der Waals surface area contributed by atoms with Crippen LogP contribution in [0.15, 0.2) is 9.05 Å². The first-order chi connectivity index (χ1) is 15.4. The number of rotatable bonds is 7. The van der Waals surface area contributed by atoms with Crippen molar-refractivity contribution in [3.63, 3.8) is 0 Å². The summed E-state index contributed by atoms with van der Waals surface area (Å²) in [4.78, 5) is 33.5. The lowest BCUT2D eigenvalue weighted by Crippen LogP contribution is -2.45. The first-order valence-electron chi connectivity index (χ1n) is 11.7. The third-order valence-corrected chi connectivity index (χ3v) is 5.91. The third kappa shape index (κ3) is 6.17. The van der Waals surface area contributed by atoms with Gasteiger partial charge in [0.25, 0.3) is 0 Å². The van der Waals surface area contributed by atoms with Crippen molar-refractivity contribution in [1.82, 2.24) is 30.9 Å². The predicted molar refractivity (Wildman–Crippen MR) is 120 cm³/mol. The van der Waals surface area contributed by atoms with Crippen LogP contribution in [-0.2, 0) is 32.5 Å². The van der Waals surface area contributed by atoms with Crippen molar-refractivity contribution in [1.29, 1.82) is 0 Å². The molecule has 0 saturated heterocycles. The van der Waals surface area contributed by atoms with E-state index in [1.165, 1.54) is 6.92 Å². The molecule has 2 heterocycles. The molecule has 0 aromatic carbocycles. The fraction of sp³-hybridized carbons (Fsp3) is 0.739. The van der Waals surface area contributed by atoms with Gasteiger partial charge in [-0.1, -0.05) is 56.8 Å². The number of aryl methyl sites for hydroxylation is 1. The minimum absolute atomic E-state index is 0.110. The Hall–Kier alpha value is -2.78. The molecule has 2 aromatic rings. The predicted octanol–water partition coefficient (Wildman–Crippen LogP) is 3.42. The van der Waals surface area contributed by atoms with E-state index in [1.54, 1.807) is 0 Å². The van der Waals surface area contributed by atoms with Gasteiger partial charge in [-0.05, 0) is 26.7 Å². The fourth-order valence-corrected chi connectivity index (χ4v) is 4.09. The van der Waals surface area contributed by atoms with E-state index in [0.29, 0.717) is 29.9 Å². The van der Waals surface area contributed by atoms with E-state index >= 15 is 0 Å². The zero-order valence-electron chi connectivity index (χ0n) is 20.6. The van der Waals surface area contributed by atoms with Crippen LogP contribution >= 0.6 is 0 Å². The molecule has 0 aliphatic heterocycles. The number of nitrogens with one attached hydrogen (secondary N) is 2. The highest BCUT2D eigenvalue weighted by molar-refractivity contribution is 5.77. The summed E-state index contributed by atoms with van der Waals surface area (Å²) in [6.07, 6.45) is 6.26. The van der Waals surface area contributed by atoms with Crippen LogP contribution in [0.1, 0.15) is 110 Å². The second-order valence-electron chi connectivity index (χ2n) is 10.5. The standard InChI is InChI=1S/C23H36N6O4/c1-15(30)26-23(13-9-7-8-10-14-23)19-24-17(32-29-19)12-11-16(31)27-22(5,6)18-25-20(33-28-18)21(2,3)4/h7-14H2,1-6H3,(H,26,30)(H,27,31). The summed E-state index contributed by atoms with van der Waals surface area (Å²) < 4.78 is 10.8. The minimum atomic E-state index is -0.792. The monoisotopic (exact) mass is 460 g/mol. The molecule has 0 spiro atoms. The topological polar surface area (TPSA) is 136 Å². The van der Waals surface area contributed by atoms with Gasteiger partial charge in [0.05, 0.1) is 5.54 Å². The number of hydrogen-bond acceptors (Lipinski definition) is 8. The Labute approximate surface area is 194 Å². The van der Waals surface area contributed by atoms with Gasteiger partial charge in [-0.2, -0.15) is 9.97 Å². The zero-order chi connectivity index (χ0) is 24.3. The van der Waals surface area contributed by atoms with Gasteiger partial charge in [0, 0.05) is 25.2 Å². The average Bonchev–Trinajstić information content (AvgIpc) is 3.34. The van der Waals surface area contributed by atoms with Crippen LogP contribution in [0.5, 0.6) is 0 Å². The smallest absolute Gasteiger partial charge is 0.232 e. The van der Waals surface area contributed by atoms with Crippen LogP contribution in [0.2, 0.25) is 0 Å². The maximum absolute atomic E-state index is 12.6. The van der Waals surface area contributed by atoms with Gasteiger partial charge in [-0.15, -0.1) is 0 Å². The highest BCUT2D eigenvalue weighted by Gasteiger charge is 2.38. The normalized spacial score (nSPS) is 16.8. The highest BCUT2D eigenvalue weighted by atomic mass is 16.5. The van der Waals surface area contributed by atoms with Gasteiger partial charge in [-0.25, -0.2) is 0 Å². The molecule has 0 bridgehead atoms. The quantitative estimate of drug-likeness (QED) is 0.600. The van der Waals surface area contributed by atoms with Gasteiger partial charge in [-0.3, -0.25) is 9.59 Å². The van der Waals surface area contributed by atoms with Crippen LogP contribution < -0.4 is 10.6 Å². The van der Waals surface area contributed by atoms with Crippen molar-refractivity contribution in [2.75, 3.05) is 0 Å². The van der Waals surface area contributed by atoms with Gasteiger partial charge in [0.2, 0.25) is 23.6 Å². The Morgan fingerprint density at radius 1 is 0.970 bits per heavy atom. The number of carbonyl (C=O) groups excluding carboxylic acids is 2. The molecule has 0 atom stereocenters. The highest BCUT2D eigenvalue weighted by Crippen LogP contribution is 2.34. The summed E-state index contributed by atoms with van der Waals surface area (Å²) in [6, 6.07) is 0. The molecular formula is C23H36N6O4. The van der Waals surface area contributed by atoms with Crippen molar-refractivity contribution in [2.24, 2.45) is 0 Å². The molecule has 1 saturated carbocycles. The molecule has 2 amide bonds. The SMILES string of the molecule is CC(=O)NC1(c2noc(CCC(=O)NC(C)(C)c3noc(C(C)(C)C)n3)n2)CCCCCC1. The molecule has 3 rings (SSSR count). The molecule has 2 aromatic heterocycles.